The summed E-state index contributed by atoms with van der Waals surface area (Å²) in [6.45, 7) is 4.61. The molecular weight excluding hydrogens is 368 g/mol. The largest absolute Gasteiger partial charge is 0.465 e. The monoisotopic (exact) mass is 388 g/mol. The van der Waals surface area contributed by atoms with Crippen LogP contribution in [0.3, 0.4) is 0 Å². The van der Waals surface area contributed by atoms with E-state index in [-0.39, 0.29) is 28.9 Å². The predicted octanol–water partition coefficient (Wildman–Crippen LogP) is 2.68. The first-order valence-electron chi connectivity index (χ1n) is 8.40. The van der Waals surface area contributed by atoms with Crippen LogP contribution < -0.4 is 0 Å². The number of carbonyl (C=O) groups excluding carboxylic acids is 3. The van der Waals surface area contributed by atoms with Crippen molar-refractivity contribution in [1.29, 1.82) is 0 Å². The molecule has 0 fully saturated rings. The average molecular weight is 388 g/mol. The minimum atomic E-state index is -1.14. The van der Waals surface area contributed by atoms with Gasteiger partial charge < -0.3 is 14.5 Å². The number of nitrogens with one attached hydrogen (secondary N) is 1. The van der Waals surface area contributed by atoms with Crippen LogP contribution >= 0.6 is 0 Å². The highest BCUT2D eigenvalue weighted by Crippen LogP contribution is 2.22. The summed E-state index contributed by atoms with van der Waals surface area (Å²) in [5, 5.41) is 11.0. The van der Waals surface area contributed by atoms with E-state index in [4.69, 9.17) is 9.47 Å². The molecule has 28 heavy (non-hydrogen) atoms. The molecule has 0 spiro atoms. The molecule has 1 aromatic heterocycles. The van der Waals surface area contributed by atoms with Gasteiger partial charge in [0.05, 0.1) is 29.7 Å². The van der Waals surface area contributed by atoms with Gasteiger partial charge in [0, 0.05) is 17.3 Å². The molecule has 0 saturated carbocycles. The standard InChI is InChI=1S/C19H20N2O7/c1-10-16(19(24)27-4)11(2)20-17(10)18(23)12(3)28-15(22)9-13-7-5-6-8-14(13)21(25)26/h5-8,12,20H,9H2,1-4H3/t12-/m0/s1. The van der Waals surface area contributed by atoms with Crippen LogP contribution in [0.1, 0.15) is 44.6 Å². The molecule has 0 aliphatic carbocycles. The predicted molar refractivity (Wildman–Crippen MR) is 98.3 cm³/mol. The third-order valence-electron chi connectivity index (χ3n) is 4.27. The number of esters is 2. The van der Waals surface area contributed by atoms with Crippen molar-refractivity contribution in [3.63, 3.8) is 0 Å². The van der Waals surface area contributed by atoms with Crippen molar-refractivity contribution in [1.82, 2.24) is 4.98 Å². The summed E-state index contributed by atoms with van der Waals surface area (Å²) in [6.07, 6.45) is -1.48. The molecule has 0 aliphatic heterocycles. The lowest BCUT2D eigenvalue weighted by Gasteiger charge is -2.12. The van der Waals surface area contributed by atoms with E-state index >= 15 is 0 Å². The van der Waals surface area contributed by atoms with Crippen LogP contribution in [0.15, 0.2) is 24.3 Å². The Morgan fingerprint density at radius 2 is 1.86 bits per heavy atom. The Kier molecular flexibility index (Phi) is 6.29. The number of aryl methyl sites for hydroxylation is 1. The van der Waals surface area contributed by atoms with Crippen molar-refractivity contribution in [2.24, 2.45) is 0 Å². The van der Waals surface area contributed by atoms with Gasteiger partial charge in [0.15, 0.2) is 6.10 Å². The Hall–Kier alpha value is -3.49. The van der Waals surface area contributed by atoms with Crippen molar-refractivity contribution in [3.8, 4) is 0 Å². The number of ketones is 1. The molecule has 9 nitrogen and oxygen atoms in total. The number of nitro groups is 1. The third kappa shape index (κ3) is 4.25. The zero-order valence-electron chi connectivity index (χ0n) is 15.9. The van der Waals surface area contributed by atoms with Crippen molar-refractivity contribution < 1.29 is 28.8 Å². The van der Waals surface area contributed by atoms with Gasteiger partial charge in [0.25, 0.3) is 5.69 Å². The van der Waals surface area contributed by atoms with Crippen LogP contribution in [0.2, 0.25) is 0 Å². The van der Waals surface area contributed by atoms with E-state index in [1.165, 1.54) is 32.2 Å². The van der Waals surface area contributed by atoms with Gasteiger partial charge in [-0.25, -0.2) is 4.79 Å². The smallest absolute Gasteiger partial charge is 0.339 e. The first kappa shape index (κ1) is 20.8. The number of ether oxygens (including phenoxy) is 2. The van der Waals surface area contributed by atoms with Gasteiger partial charge in [0.1, 0.15) is 0 Å². The van der Waals surface area contributed by atoms with E-state index < -0.39 is 28.7 Å². The molecule has 148 valence electrons. The van der Waals surface area contributed by atoms with Gasteiger partial charge in [-0.15, -0.1) is 0 Å². The number of rotatable bonds is 7. The van der Waals surface area contributed by atoms with Crippen LogP contribution in [-0.2, 0) is 20.7 Å². The molecule has 2 aromatic rings. The van der Waals surface area contributed by atoms with Crippen molar-refractivity contribution in [2.45, 2.75) is 33.3 Å². The Balaban J connectivity index is 2.14. The molecule has 2 rings (SSSR count). The minimum Gasteiger partial charge on any atom is -0.465 e. The van der Waals surface area contributed by atoms with E-state index in [1.807, 2.05) is 0 Å². The summed E-state index contributed by atoms with van der Waals surface area (Å²) >= 11 is 0. The lowest BCUT2D eigenvalue weighted by atomic mass is 10.1. The molecular formula is C19H20N2O7. The Labute approximate surface area is 160 Å². The molecule has 1 heterocycles. The highest BCUT2D eigenvalue weighted by atomic mass is 16.6. The zero-order valence-corrected chi connectivity index (χ0v) is 15.9. The van der Waals surface area contributed by atoms with Crippen LogP contribution in [0.5, 0.6) is 0 Å². The van der Waals surface area contributed by atoms with Crippen molar-refractivity contribution in [2.75, 3.05) is 7.11 Å². The summed E-state index contributed by atoms with van der Waals surface area (Å²) in [6, 6.07) is 5.81. The number of aromatic nitrogens is 1. The van der Waals surface area contributed by atoms with Gasteiger partial charge in [-0.3, -0.25) is 19.7 Å². The van der Waals surface area contributed by atoms with Gasteiger partial charge in [0.2, 0.25) is 5.78 Å². The number of aromatic amines is 1. The highest BCUT2D eigenvalue weighted by molar-refractivity contribution is 6.04. The molecule has 9 heteroatoms. The summed E-state index contributed by atoms with van der Waals surface area (Å²) in [5.41, 5.74) is 1.25. The van der Waals surface area contributed by atoms with Gasteiger partial charge in [-0.05, 0) is 26.3 Å². The third-order valence-corrected chi connectivity index (χ3v) is 4.27. The molecule has 0 radical (unpaired) electrons. The number of methoxy groups -OCH3 is 1. The number of H-pyrrole nitrogens is 1. The quantitative estimate of drug-likeness (QED) is 0.334. The highest BCUT2D eigenvalue weighted by Gasteiger charge is 2.28. The normalized spacial score (nSPS) is 11.6. The van der Waals surface area contributed by atoms with Crippen molar-refractivity contribution >= 4 is 23.4 Å². The van der Waals surface area contributed by atoms with E-state index in [0.717, 1.165) is 0 Å². The zero-order chi connectivity index (χ0) is 21.0. The average Bonchev–Trinajstić information content (AvgIpc) is 2.94. The van der Waals surface area contributed by atoms with Crippen LogP contribution in [0.4, 0.5) is 5.69 Å². The summed E-state index contributed by atoms with van der Waals surface area (Å²) < 4.78 is 9.85. The Bertz CT molecular complexity index is 946. The molecule has 0 unspecified atom stereocenters. The number of benzene rings is 1. The Morgan fingerprint density at radius 3 is 2.46 bits per heavy atom. The maximum absolute atomic E-state index is 12.6. The maximum atomic E-state index is 12.6. The molecule has 0 amide bonds. The van der Waals surface area contributed by atoms with Crippen LogP contribution in [-0.4, -0.2) is 40.8 Å². The maximum Gasteiger partial charge on any atom is 0.339 e. The van der Waals surface area contributed by atoms with E-state index in [9.17, 15) is 24.5 Å². The molecule has 0 bridgehead atoms. The lowest BCUT2D eigenvalue weighted by Crippen LogP contribution is -2.26. The second-order valence-corrected chi connectivity index (χ2v) is 6.18. The number of hydrogen-bond acceptors (Lipinski definition) is 7. The fourth-order valence-corrected chi connectivity index (χ4v) is 2.89. The number of carbonyl (C=O) groups is 3. The van der Waals surface area contributed by atoms with E-state index in [1.54, 1.807) is 19.9 Å². The first-order valence-corrected chi connectivity index (χ1v) is 8.40. The van der Waals surface area contributed by atoms with E-state index in [0.29, 0.717) is 11.3 Å². The first-order chi connectivity index (χ1) is 13.2. The number of nitrogens with zero attached hydrogens (tertiary/aromatic N) is 1. The number of Topliss-reactive ketones (excluding diaryl/α,β-unsaturated/α-hetero) is 1. The molecule has 1 aromatic carbocycles. The number of nitro benzene ring substituents is 1. The SMILES string of the molecule is COC(=O)c1c(C)[nH]c(C(=O)[C@H](C)OC(=O)Cc2ccccc2[N+](=O)[O-])c1C. The fraction of sp³-hybridized carbons (Fsp3) is 0.316. The van der Waals surface area contributed by atoms with Gasteiger partial charge in [-0.2, -0.15) is 0 Å². The molecule has 1 N–H and O–H groups in total. The lowest BCUT2D eigenvalue weighted by molar-refractivity contribution is -0.385. The number of hydrogen-bond donors (Lipinski definition) is 1. The van der Waals surface area contributed by atoms with Gasteiger partial charge >= 0.3 is 11.9 Å². The Morgan fingerprint density at radius 1 is 1.21 bits per heavy atom. The number of para-hydroxylation sites is 1. The second-order valence-electron chi connectivity index (χ2n) is 6.18. The summed E-state index contributed by atoms with van der Waals surface area (Å²) in [4.78, 5) is 49.9. The molecule has 0 aliphatic rings. The van der Waals surface area contributed by atoms with Crippen molar-refractivity contribution in [3.05, 3.63) is 62.5 Å². The minimum absolute atomic E-state index is 0.142. The summed E-state index contributed by atoms with van der Waals surface area (Å²) in [7, 11) is 1.24. The van der Waals surface area contributed by atoms with Crippen LogP contribution in [0, 0.1) is 24.0 Å². The topological polar surface area (TPSA) is 129 Å². The van der Waals surface area contributed by atoms with Crippen LogP contribution in [0.25, 0.3) is 0 Å². The second kappa shape index (κ2) is 8.47. The fourth-order valence-electron chi connectivity index (χ4n) is 2.89. The van der Waals surface area contributed by atoms with Gasteiger partial charge in [-0.1, -0.05) is 18.2 Å². The molecule has 1 atom stereocenters. The molecule has 0 saturated heterocycles. The van der Waals surface area contributed by atoms with E-state index in [2.05, 4.69) is 4.98 Å². The summed E-state index contributed by atoms with van der Waals surface area (Å²) in [5.74, 6) is -1.87.